The minimum Gasteiger partial charge on any atom is -0.369 e. The second kappa shape index (κ2) is 19.5. The molecule has 3 saturated heterocycles. The van der Waals surface area contributed by atoms with E-state index in [-0.39, 0.29) is 41.3 Å². The number of rotatable bonds is 13. The minimum atomic E-state index is -0.656. The normalized spacial score (nSPS) is 17.6. The number of carbonyl (C=O) groups excluding carboxylic acids is 4. The molecule has 3 aliphatic rings. The molecule has 16 heteroatoms. The van der Waals surface area contributed by atoms with Gasteiger partial charge in [-0.2, -0.15) is 4.98 Å². The van der Waals surface area contributed by atoms with Gasteiger partial charge in [-0.05, 0) is 117 Å². The topological polar surface area (TPSA) is 164 Å². The summed E-state index contributed by atoms with van der Waals surface area (Å²) in [6, 6.07) is 28.6. The third-order valence-electron chi connectivity index (χ3n) is 11.7. The molecule has 3 aliphatic heterocycles. The van der Waals surface area contributed by atoms with Crippen LogP contribution in [0.3, 0.4) is 0 Å². The molecule has 8 rings (SSSR count). The monoisotopic (exact) mass is 858 g/mol. The lowest BCUT2D eigenvalue weighted by Crippen LogP contribution is -2.48. The first kappa shape index (κ1) is 42.3. The van der Waals surface area contributed by atoms with Crippen molar-refractivity contribution in [3.8, 4) is 0 Å². The summed E-state index contributed by atoms with van der Waals surface area (Å²) in [5.41, 5.74) is 7.72. The summed E-state index contributed by atoms with van der Waals surface area (Å²) < 4.78 is 14.7. The molecule has 0 aliphatic carbocycles. The van der Waals surface area contributed by atoms with Crippen molar-refractivity contribution in [1.29, 1.82) is 0 Å². The van der Waals surface area contributed by atoms with Gasteiger partial charge < -0.3 is 20.9 Å². The van der Waals surface area contributed by atoms with E-state index in [1.165, 1.54) is 0 Å². The molecule has 1 atom stereocenters. The zero-order chi connectivity index (χ0) is 43.0. The van der Waals surface area contributed by atoms with E-state index in [0.29, 0.717) is 52.0 Å². The third-order valence-corrected chi connectivity index (χ3v) is 12.0. The Morgan fingerprint density at radius 2 is 1.44 bits per heavy atom. The number of hydrogen-bond acceptors (Lipinski definition) is 11. The van der Waals surface area contributed by atoms with Crippen LogP contribution < -0.4 is 31.6 Å². The van der Waals surface area contributed by atoms with Crippen LogP contribution in [-0.2, 0) is 9.59 Å². The van der Waals surface area contributed by atoms with Gasteiger partial charge in [0, 0.05) is 73.9 Å². The molecule has 1 aromatic heterocycles. The maximum atomic E-state index is 14.7. The summed E-state index contributed by atoms with van der Waals surface area (Å²) in [7, 11) is 0. The highest BCUT2D eigenvalue weighted by atomic mass is 35.5. The Labute approximate surface area is 364 Å². The first-order chi connectivity index (χ1) is 30.1. The summed E-state index contributed by atoms with van der Waals surface area (Å²) in [6.45, 7) is 6.54. The molecule has 62 heavy (non-hydrogen) atoms. The third kappa shape index (κ3) is 10.7. The molecule has 4 heterocycles. The molecule has 3 fully saturated rings. The molecule has 1 unspecified atom stereocenters. The minimum absolute atomic E-state index is 0.0528. The Hall–Kier alpha value is -6.42. The highest BCUT2D eigenvalue weighted by Crippen LogP contribution is 2.28. The maximum absolute atomic E-state index is 14.7. The Kier molecular flexibility index (Phi) is 13.3. The van der Waals surface area contributed by atoms with Gasteiger partial charge in [-0.3, -0.25) is 34.8 Å². The fraction of sp³-hybridized carbons (Fsp3) is 0.304. The number of halogens is 2. The summed E-state index contributed by atoms with van der Waals surface area (Å²) in [4.78, 5) is 62.9. The van der Waals surface area contributed by atoms with E-state index >= 15 is 0 Å². The van der Waals surface area contributed by atoms with Crippen molar-refractivity contribution in [2.45, 2.75) is 38.0 Å². The molecule has 14 nitrogen and oxygen atoms in total. The quantitative estimate of drug-likeness (QED) is 0.0768. The van der Waals surface area contributed by atoms with Crippen LogP contribution in [0.5, 0.6) is 0 Å². The lowest BCUT2D eigenvalue weighted by atomic mass is 9.90. The van der Waals surface area contributed by atoms with Gasteiger partial charge in [0.25, 0.3) is 11.8 Å². The summed E-state index contributed by atoms with van der Waals surface area (Å²) >= 11 is 6.15. The number of piperazine rings is 1. The lowest BCUT2D eigenvalue weighted by molar-refractivity contribution is -0.134. The van der Waals surface area contributed by atoms with E-state index < -0.39 is 5.82 Å². The standard InChI is InChI=1S/C46H48ClFN10O4/c47-38-3-1-2-4-40(38)52-43(60)32-5-11-34(12-6-32)50-42-39(48)29-49-46(54-42)51-35-13-7-33(8-14-35)44(61)55-58-23-20-30(21-24-58)19-22-56-25-27-57(28-26-56)36-15-9-31(10-16-36)37-17-18-41(59)53-45(37)62/h1-16,29-30,37H,17-28H2,(H,52,60)(H,55,61)(H,53,59,62)(H2,49,50,51,54). The van der Waals surface area contributed by atoms with Crippen molar-refractivity contribution >= 4 is 69.7 Å². The molecule has 0 spiro atoms. The molecule has 0 bridgehead atoms. The predicted octanol–water partition coefficient (Wildman–Crippen LogP) is 7.10. The van der Waals surface area contributed by atoms with Crippen molar-refractivity contribution < 1.29 is 23.6 Å². The first-order valence-corrected chi connectivity index (χ1v) is 21.3. The molecular weight excluding hydrogens is 811 g/mol. The van der Waals surface area contributed by atoms with Gasteiger partial charge in [0.15, 0.2) is 11.6 Å². The average molecular weight is 859 g/mol. The van der Waals surface area contributed by atoms with Crippen molar-refractivity contribution in [2.75, 3.05) is 66.7 Å². The van der Waals surface area contributed by atoms with Crippen LogP contribution in [0.4, 0.5) is 38.9 Å². The number of hydrogen-bond donors (Lipinski definition) is 5. The Morgan fingerprint density at radius 1 is 0.774 bits per heavy atom. The second-order valence-electron chi connectivity index (χ2n) is 15.8. The number of para-hydroxylation sites is 1. The van der Waals surface area contributed by atoms with Crippen LogP contribution >= 0.6 is 11.6 Å². The molecule has 4 aromatic carbocycles. The van der Waals surface area contributed by atoms with E-state index in [2.05, 4.69) is 58.6 Å². The number of hydrazine groups is 1. The summed E-state index contributed by atoms with van der Waals surface area (Å²) in [5, 5.41) is 13.6. The van der Waals surface area contributed by atoms with Crippen molar-refractivity contribution in [3.63, 3.8) is 0 Å². The van der Waals surface area contributed by atoms with E-state index in [9.17, 15) is 23.6 Å². The number of piperidine rings is 2. The van der Waals surface area contributed by atoms with Gasteiger partial charge >= 0.3 is 0 Å². The van der Waals surface area contributed by atoms with Gasteiger partial charge in [-0.1, -0.05) is 35.9 Å². The van der Waals surface area contributed by atoms with Gasteiger partial charge in [0.1, 0.15) is 0 Å². The number of benzene rings is 4. The predicted molar refractivity (Wildman–Crippen MR) is 237 cm³/mol. The highest BCUT2D eigenvalue weighted by Gasteiger charge is 2.28. The Morgan fingerprint density at radius 3 is 2.11 bits per heavy atom. The molecule has 4 amide bonds. The fourth-order valence-corrected chi connectivity index (χ4v) is 8.20. The van der Waals surface area contributed by atoms with Crippen LogP contribution in [-0.4, -0.2) is 89.3 Å². The fourth-order valence-electron chi connectivity index (χ4n) is 8.01. The molecule has 5 aromatic rings. The van der Waals surface area contributed by atoms with Crippen LogP contribution in [0.1, 0.15) is 64.3 Å². The average Bonchev–Trinajstić information content (AvgIpc) is 3.29. The van der Waals surface area contributed by atoms with E-state index in [1.54, 1.807) is 72.8 Å². The van der Waals surface area contributed by atoms with Crippen LogP contribution in [0.15, 0.2) is 103 Å². The number of nitrogens with zero attached hydrogens (tertiary/aromatic N) is 5. The second-order valence-corrected chi connectivity index (χ2v) is 16.2. The SMILES string of the molecule is O=C1CCC(c2ccc(N3CCN(CCC4CCN(NC(=O)c5ccc(Nc6ncc(F)c(Nc7ccc(C(=O)Nc8ccccc8Cl)cc7)n6)cc5)CC4)CC3)cc2)C(=O)N1. The van der Waals surface area contributed by atoms with Crippen molar-refractivity contribution in [2.24, 2.45) is 5.92 Å². The zero-order valence-electron chi connectivity index (χ0n) is 34.1. The number of anilines is 6. The van der Waals surface area contributed by atoms with Gasteiger partial charge in [0.05, 0.1) is 22.8 Å². The number of amides is 4. The van der Waals surface area contributed by atoms with Crippen LogP contribution in [0.25, 0.3) is 0 Å². The number of imide groups is 1. The smallest absolute Gasteiger partial charge is 0.265 e. The lowest BCUT2D eigenvalue weighted by Gasteiger charge is -2.37. The molecule has 5 N–H and O–H groups in total. The molecule has 0 saturated carbocycles. The maximum Gasteiger partial charge on any atom is 0.265 e. The van der Waals surface area contributed by atoms with Crippen molar-refractivity contribution in [1.82, 2.24) is 30.6 Å². The van der Waals surface area contributed by atoms with Crippen LogP contribution in [0, 0.1) is 11.7 Å². The number of nitrogens with one attached hydrogen (secondary N) is 5. The Balaban J connectivity index is 0.739. The highest BCUT2D eigenvalue weighted by molar-refractivity contribution is 6.33. The first-order valence-electron chi connectivity index (χ1n) is 20.9. The van der Waals surface area contributed by atoms with Gasteiger partial charge in [-0.25, -0.2) is 14.4 Å². The largest absolute Gasteiger partial charge is 0.369 e. The van der Waals surface area contributed by atoms with Crippen molar-refractivity contribution in [3.05, 3.63) is 131 Å². The van der Waals surface area contributed by atoms with E-state index in [4.69, 9.17) is 11.6 Å². The number of carbonyl (C=O) groups is 4. The number of aromatic nitrogens is 2. The Bertz CT molecular complexity index is 2390. The molecule has 0 radical (unpaired) electrons. The molecule has 320 valence electrons. The summed E-state index contributed by atoms with van der Waals surface area (Å²) in [6.07, 6.45) is 5.16. The van der Waals surface area contributed by atoms with E-state index in [0.717, 1.165) is 82.5 Å². The van der Waals surface area contributed by atoms with Gasteiger partial charge in [-0.15, -0.1) is 0 Å². The van der Waals surface area contributed by atoms with Crippen LogP contribution in [0.2, 0.25) is 5.02 Å². The summed E-state index contributed by atoms with van der Waals surface area (Å²) in [5.74, 6) is -1.13. The molecular formula is C46H48ClFN10O4. The zero-order valence-corrected chi connectivity index (χ0v) is 34.8. The van der Waals surface area contributed by atoms with E-state index in [1.807, 2.05) is 17.1 Å². The van der Waals surface area contributed by atoms with Gasteiger partial charge in [0.2, 0.25) is 17.8 Å².